The van der Waals surface area contributed by atoms with Crippen LogP contribution in [-0.2, 0) is 0 Å². The lowest BCUT2D eigenvalue weighted by molar-refractivity contribution is 0.0698. The lowest BCUT2D eigenvalue weighted by Crippen LogP contribution is -2.03. The highest BCUT2D eigenvalue weighted by Gasteiger charge is 2.10. The van der Waals surface area contributed by atoms with E-state index in [1.165, 1.54) is 6.07 Å². The van der Waals surface area contributed by atoms with Crippen LogP contribution in [0.2, 0.25) is 0 Å². The molecule has 0 bridgehead atoms. The van der Waals surface area contributed by atoms with E-state index in [1.54, 1.807) is 43.5 Å². The van der Waals surface area contributed by atoms with Gasteiger partial charge in [0.1, 0.15) is 5.75 Å². The molecule has 5 nitrogen and oxygen atoms in total. The first-order valence-electron chi connectivity index (χ1n) is 5.64. The Morgan fingerprint density at radius 3 is 2.47 bits per heavy atom. The van der Waals surface area contributed by atoms with E-state index in [0.717, 1.165) is 11.4 Å². The van der Waals surface area contributed by atoms with Gasteiger partial charge in [-0.05, 0) is 42.5 Å². The van der Waals surface area contributed by atoms with Gasteiger partial charge in [-0.15, -0.1) is 0 Å². The number of benzene rings is 2. The fourth-order valence-electron chi connectivity index (χ4n) is 1.68. The molecule has 0 aliphatic carbocycles. The average Bonchev–Trinajstić information content (AvgIpc) is 2.39. The molecule has 2 rings (SSSR count). The fourth-order valence-corrected chi connectivity index (χ4v) is 1.68. The summed E-state index contributed by atoms with van der Waals surface area (Å²) < 4.78 is 5.06. The van der Waals surface area contributed by atoms with Gasteiger partial charge in [0.25, 0.3) is 0 Å². The van der Waals surface area contributed by atoms with Crippen molar-refractivity contribution in [1.29, 1.82) is 0 Å². The highest BCUT2D eigenvalue weighted by Crippen LogP contribution is 2.25. The smallest absolute Gasteiger partial charge is 0.337 e. The normalized spacial score (nSPS) is 9.95. The molecule has 4 N–H and O–H groups in total. The van der Waals surface area contributed by atoms with Crippen molar-refractivity contribution in [3.05, 3.63) is 48.0 Å². The van der Waals surface area contributed by atoms with E-state index < -0.39 is 5.97 Å². The first kappa shape index (κ1) is 12.8. The summed E-state index contributed by atoms with van der Waals surface area (Å²) in [4.78, 5) is 11.1. The molecular formula is C14H14N2O3. The maximum atomic E-state index is 11.1. The second kappa shape index (κ2) is 5.30. The third-order valence-electron chi connectivity index (χ3n) is 2.64. The number of methoxy groups -OCH3 is 1. The average molecular weight is 258 g/mol. The van der Waals surface area contributed by atoms with Crippen molar-refractivity contribution < 1.29 is 14.6 Å². The predicted octanol–water partition coefficient (Wildman–Crippen LogP) is 2.72. The van der Waals surface area contributed by atoms with Crippen LogP contribution in [0.3, 0.4) is 0 Å². The first-order valence-corrected chi connectivity index (χ1v) is 5.64. The van der Waals surface area contributed by atoms with Crippen LogP contribution in [-0.4, -0.2) is 18.2 Å². The zero-order valence-electron chi connectivity index (χ0n) is 10.4. The fraction of sp³-hybridized carbons (Fsp3) is 0.0714. The first-order chi connectivity index (χ1) is 9.10. The molecule has 0 heterocycles. The van der Waals surface area contributed by atoms with Gasteiger partial charge in [-0.2, -0.15) is 0 Å². The molecule has 2 aromatic carbocycles. The van der Waals surface area contributed by atoms with Crippen LogP contribution in [0.4, 0.5) is 17.1 Å². The van der Waals surface area contributed by atoms with Gasteiger partial charge in [-0.3, -0.25) is 0 Å². The molecule has 98 valence electrons. The predicted molar refractivity (Wildman–Crippen MR) is 74.1 cm³/mol. The Kier molecular flexibility index (Phi) is 3.56. The highest BCUT2D eigenvalue weighted by molar-refractivity contribution is 5.96. The molecule has 0 spiro atoms. The van der Waals surface area contributed by atoms with E-state index >= 15 is 0 Å². The van der Waals surface area contributed by atoms with E-state index in [-0.39, 0.29) is 5.56 Å². The zero-order valence-corrected chi connectivity index (χ0v) is 10.4. The topological polar surface area (TPSA) is 84.6 Å². The highest BCUT2D eigenvalue weighted by atomic mass is 16.5. The van der Waals surface area contributed by atoms with Crippen LogP contribution >= 0.6 is 0 Å². The zero-order chi connectivity index (χ0) is 13.8. The van der Waals surface area contributed by atoms with Crippen molar-refractivity contribution in [2.45, 2.75) is 0 Å². The number of ether oxygens (including phenoxy) is 1. The number of nitrogens with one attached hydrogen (secondary N) is 1. The van der Waals surface area contributed by atoms with Gasteiger partial charge in [-0.1, -0.05) is 0 Å². The summed E-state index contributed by atoms with van der Waals surface area (Å²) in [5.41, 5.74) is 7.56. The number of rotatable bonds is 4. The minimum absolute atomic E-state index is 0.171. The van der Waals surface area contributed by atoms with E-state index in [0.29, 0.717) is 11.4 Å². The summed E-state index contributed by atoms with van der Waals surface area (Å²) in [6.45, 7) is 0. The number of nitrogen functional groups attached to an aromatic ring is 1. The lowest BCUT2D eigenvalue weighted by atomic mass is 10.1. The standard InChI is InChI=1S/C14H14N2O3/c1-19-11-5-3-10(4-6-11)16-13-8-9(15)2-7-12(13)14(17)18/h2-8,16H,15H2,1H3,(H,17,18). The summed E-state index contributed by atoms with van der Waals surface area (Å²) in [5.74, 6) is -0.271. The number of anilines is 3. The van der Waals surface area contributed by atoms with Gasteiger partial charge in [0.2, 0.25) is 0 Å². The van der Waals surface area contributed by atoms with E-state index in [9.17, 15) is 4.79 Å². The Balaban J connectivity index is 2.31. The molecule has 0 amide bonds. The van der Waals surface area contributed by atoms with Crippen molar-refractivity contribution in [3.8, 4) is 5.75 Å². The van der Waals surface area contributed by atoms with Gasteiger partial charge >= 0.3 is 5.97 Å². The Labute approximate surface area is 110 Å². The van der Waals surface area contributed by atoms with Crippen LogP contribution < -0.4 is 15.8 Å². The Bertz CT molecular complexity index is 594. The Morgan fingerprint density at radius 2 is 1.89 bits per heavy atom. The lowest BCUT2D eigenvalue weighted by Gasteiger charge is -2.11. The minimum atomic E-state index is -1.00. The molecule has 0 fully saturated rings. The second-order valence-electron chi connectivity index (χ2n) is 3.96. The largest absolute Gasteiger partial charge is 0.497 e. The summed E-state index contributed by atoms with van der Waals surface area (Å²) in [5, 5.41) is 12.1. The molecule has 2 aromatic rings. The van der Waals surface area contributed by atoms with Gasteiger partial charge in [-0.25, -0.2) is 4.79 Å². The van der Waals surface area contributed by atoms with Crippen LogP contribution in [0.5, 0.6) is 5.75 Å². The number of hydrogen-bond acceptors (Lipinski definition) is 4. The molecule has 0 aliphatic rings. The molecule has 0 aromatic heterocycles. The number of nitrogens with two attached hydrogens (primary N) is 1. The molecule has 0 saturated carbocycles. The van der Waals surface area contributed by atoms with Gasteiger partial charge in [0.15, 0.2) is 0 Å². The van der Waals surface area contributed by atoms with E-state index in [1.807, 2.05) is 0 Å². The Hall–Kier alpha value is -2.69. The van der Waals surface area contributed by atoms with E-state index in [4.69, 9.17) is 15.6 Å². The van der Waals surface area contributed by atoms with Crippen LogP contribution in [0.15, 0.2) is 42.5 Å². The molecule has 0 aliphatic heterocycles. The quantitative estimate of drug-likeness (QED) is 0.734. The molecular weight excluding hydrogens is 244 g/mol. The Morgan fingerprint density at radius 1 is 1.21 bits per heavy atom. The second-order valence-corrected chi connectivity index (χ2v) is 3.96. The van der Waals surface area contributed by atoms with Crippen LogP contribution in [0.25, 0.3) is 0 Å². The monoisotopic (exact) mass is 258 g/mol. The molecule has 0 radical (unpaired) electrons. The molecule has 19 heavy (non-hydrogen) atoms. The number of carboxylic acid groups (broad SMARTS) is 1. The minimum Gasteiger partial charge on any atom is -0.497 e. The van der Waals surface area contributed by atoms with Gasteiger partial charge in [0, 0.05) is 11.4 Å². The third-order valence-corrected chi connectivity index (χ3v) is 2.64. The van der Waals surface area contributed by atoms with Crippen molar-refractivity contribution in [2.24, 2.45) is 0 Å². The van der Waals surface area contributed by atoms with Gasteiger partial charge < -0.3 is 20.9 Å². The number of aromatic carboxylic acids is 1. The van der Waals surface area contributed by atoms with Gasteiger partial charge in [0.05, 0.1) is 18.4 Å². The van der Waals surface area contributed by atoms with Crippen molar-refractivity contribution in [2.75, 3.05) is 18.2 Å². The van der Waals surface area contributed by atoms with Crippen molar-refractivity contribution in [3.63, 3.8) is 0 Å². The summed E-state index contributed by atoms with van der Waals surface area (Å²) in [6, 6.07) is 11.8. The maximum absolute atomic E-state index is 11.1. The van der Waals surface area contributed by atoms with Crippen LogP contribution in [0.1, 0.15) is 10.4 Å². The third kappa shape index (κ3) is 2.95. The molecule has 0 atom stereocenters. The van der Waals surface area contributed by atoms with Crippen LogP contribution in [0, 0.1) is 0 Å². The molecule has 0 saturated heterocycles. The number of hydrogen-bond donors (Lipinski definition) is 3. The summed E-state index contributed by atoms with van der Waals surface area (Å²) in [6.07, 6.45) is 0. The maximum Gasteiger partial charge on any atom is 0.337 e. The summed E-state index contributed by atoms with van der Waals surface area (Å²) >= 11 is 0. The van der Waals surface area contributed by atoms with Crippen molar-refractivity contribution >= 4 is 23.0 Å². The number of carboxylic acids is 1. The molecule has 5 heteroatoms. The summed E-state index contributed by atoms with van der Waals surface area (Å²) in [7, 11) is 1.59. The molecule has 0 unspecified atom stereocenters. The van der Waals surface area contributed by atoms with E-state index in [2.05, 4.69) is 5.32 Å². The number of carbonyl (C=O) groups is 1. The van der Waals surface area contributed by atoms with Crippen molar-refractivity contribution in [1.82, 2.24) is 0 Å². The SMILES string of the molecule is COc1ccc(Nc2cc(N)ccc2C(=O)O)cc1.